The van der Waals surface area contributed by atoms with Crippen LogP contribution in [0.4, 0.5) is 5.13 Å². The smallest absolute Gasteiger partial charge is 0.225 e. The highest BCUT2D eigenvalue weighted by Gasteiger charge is 2.30. The Morgan fingerprint density at radius 1 is 1.33 bits per heavy atom. The maximum absolute atomic E-state index is 12.3. The zero-order valence-electron chi connectivity index (χ0n) is 14.1. The van der Waals surface area contributed by atoms with Gasteiger partial charge in [0.15, 0.2) is 5.13 Å². The highest BCUT2D eigenvalue weighted by Crippen LogP contribution is 2.32. The molecule has 128 valence electrons. The number of carbonyl (C=O) groups excluding carboxylic acids is 1. The van der Waals surface area contributed by atoms with Gasteiger partial charge < -0.3 is 9.80 Å². The minimum atomic E-state index is 0.312. The van der Waals surface area contributed by atoms with Gasteiger partial charge in [0.2, 0.25) is 5.91 Å². The minimum absolute atomic E-state index is 0.312. The molecule has 2 fully saturated rings. The highest BCUT2D eigenvalue weighted by atomic mass is 32.1. The van der Waals surface area contributed by atoms with Gasteiger partial charge >= 0.3 is 0 Å². The van der Waals surface area contributed by atoms with Crippen molar-refractivity contribution in [1.82, 2.24) is 14.9 Å². The predicted molar refractivity (Wildman–Crippen MR) is 97.3 cm³/mol. The molecule has 1 aliphatic heterocycles. The van der Waals surface area contributed by atoms with E-state index in [0.717, 1.165) is 56.0 Å². The first kappa shape index (κ1) is 15.8. The summed E-state index contributed by atoms with van der Waals surface area (Å²) in [5.74, 6) is 1.29. The molecule has 3 heterocycles. The van der Waals surface area contributed by atoms with Crippen LogP contribution >= 0.6 is 11.3 Å². The van der Waals surface area contributed by atoms with Crippen LogP contribution in [0.5, 0.6) is 0 Å². The zero-order valence-corrected chi connectivity index (χ0v) is 15.0. The fourth-order valence-electron chi connectivity index (χ4n) is 3.65. The summed E-state index contributed by atoms with van der Waals surface area (Å²) < 4.78 is 1.20. The fraction of sp³-hybridized carbons (Fsp3) is 0.611. The number of pyridine rings is 1. The Morgan fingerprint density at radius 3 is 2.79 bits per heavy atom. The van der Waals surface area contributed by atoms with Crippen LogP contribution in [0.3, 0.4) is 0 Å². The van der Waals surface area contributed by atoms with E-state index in [0.29, 0.717) is 17.7 Å². The summed E-state index contributed by atoms with van der Waals surface area (Å²) in [6.45, 7) is 2.97. The van der Waals surface area contributed by atoms with Gasteiger partial charge in [-0.15, -0.1) is 0 Å². The van der Waals surface area contributed by atoms with Gasteiger partial charge in [-0.2, -0.15) is 0 Å². The van der Waals surface area contributed by atoms with Crippen LogP contribution in [0.25, 0.3) is 10.2 Å². The van der Waals surface area contributed by atoms with Crippen molar-refractivity contribution in [2.75, 3.05) is 31.6 Å². The van der Waals surface area contributed by atoms with Gasteiger partial charge in [-0.1, -0.05) is 17.8 Å². The molecule has 2 aliphatic rings. The van der Waals surface area contributed by atoms with Crippen molar-refractivity contribution in [3.8, 4) is 0 Å². The molecular weight excluding hydrogens is 320 g/mol. The summed E-state index contributed by atoms with van der Waals surface area (Å²) in [6, 6.07) is 2.03. The summed E-state index contributed by atoms with van der Waals surface area (Å²) in [6.07, 6.45) is 9.34. The lowest BCUT2D eigenvalue weighted by molar-refractivity contribution is -0.137. The lowest BCUT2D eigenvalue weighted by Crippen LogP contribution is -2.42. The molecule has 1 saturated heterocycles. The molecule has 5 nitrogen and oxygen atoms in total. The molecule has 24 heavy (non-hydrogen) atoms. The summed E-state index contributed by atoms with van der Waals surface area (Å²) in [5.41, 5.74) is 0.991. The van der Waals surface area contributed by atoms with Crippen LogP contribution in [0, 0.1) is 11.8 Å². The first-order valence-corrected chi connectivity index (χ1v) is 9.73. The predicted octanol–water partition coefficient (Wildman–Crippen LogP) is 3.17. The van der Waals surface area contributed by atoms with E-state index >= 15 is 0 Å². The molecule has 2 aromatic rings. The van der Waals surface area contributed by atoms with Crippen molar-refractivity contribution in [2.24, 2.45) is 11.8 Å². The molecular formula is C18H24N4OS. The Labute approximate surface area is 146 Å². The van der Waals surface area contributed by atoms with Gasteiger partial charge in [0.05, 0.1) is 10.9 Å². The molecule has 4 rings (SSSR count). The highest BCUT2D eigenvalue weighted by molar-refractivity contribution is 7.22. The Balaban J connectivity index is 1.32. The fourth-order valence-corrected chi connectivity index (χ4v) is 4.64. The molecule has 2 aromatic heterocycles. The quantitative estimate of drug-likeness (QED) is 0.855. The minimum Gasteiger partial charge on any atom is -0.348 e. The Bertz CT molecular complexity index is 686. The second-order valence-corrected chi connectivity index (χ2v) is 8.13. The number of anilines is 1. The summed E-state index contributed by atoms with van der Waals surface area (Å²) in [7, 11) is 1.98. The first-order valence-electron chi connectivity index (χ1n) is 8.91. The van der Waals surface area contributed by atoms with Crippen molar-refractivity contribution >= 4 is 32.6 Å². The Hall–Kier alpha value is -1.69. The second kappa shape index (κ2) is 6.67. The Morgan fingerprint density at radius 2 is 2.12 bits per heavy atom. The zero-order chi connectivity index (χ0) is 16.5. The van der Waals surface area contributed by atoms with E-state index in [2.05, 4.69) is 9.88 Å². The van der Waals surface area contributed by atoms with Gasteiger partial charge in [0.1, 0.15) is 5.52 Å². The molecule has 0 unspecified atom stereocenters. The van der Waals surface area contributed by atoms with Crippen molar-refractivity contribution in [3.05, 3.63) is 18.5 Å². The summed E-state index contributed by atoms with van der Waals surface area (Å²) in [5, 5.41) is 1.11. The van der Waals surface area contributed by atoms with Crippen molar-refractivity contribution in [2.45, 2.75) is 32.1 Å². The number of carbonyl (C=O) groups is 1. The lowest BCUT2D eigenvalue weighted by atomic mass is 9.84. The van der Waals surface area contributed by atoms with E-state index < -0.39 is 0 Å². The first-order chi connectivity index (χ1) is 11.7. The number of fused-ring (bicyclic) bond motifs is 1. The van der Waals surface area contributed by atoms with Crippen molar-refractivity contribution in [3.63, 3.8) is 0 Å². The number of thiazole rings is 1. The molecule has 0 bridgehead atoms. The monoisotopic (exact) mass is 344 g/mol. The number of piperidine rings is 1. The summed E-state index contributed by atoms with van der Waals surface area (Å²) >= 11 is 1.75. The number of hydrogen-bond donors (Lipinski definition) is 0. The van der Waals surface area contributed by atoms with E-state index in [1.807, 2.05) is 30.4 Å². The second-order valence-electron chi connectivity index (χ2n) is 7.12. The average molecular weight is 344 g/mol. The van der Waals surface area contributed by atoms with E-state index in [-0.39, 0.29) is 0 Å². The van der Waals surface area contributed by atoms with Crippen molar-refractivity contribution in [1.29, 1.82) is 0 Å². The van der Waals surface area contributed by atoms with E-state index in [1.165, 1.54) is 11.1 Å². The number of aromatic nitrogens is 2. The molecule has 0 radical (unpaired) electrons. The average Bonchev–Trinajstić information content (AvgIpc) is 2.98. The van der Waals surface area contributed by atoms with E-state index in [4.69, 9.17) is 4.98 Å². The molecule has 0 aromatic carbocycles. The SMILES string of the molecule is CN(CC1CCN(c2nc3cnccc3s2)CC1)C(=O)C1CCC1. The normalized spacial score (nSPS) is 19.5. The third-order valence-electron chi connectivity index (χ3n) is 5.43. The van der Waals surface area contributed by atoms with Gasteiger partial charge in [-0.3, -0.25) is 9.78 Å². The maximum atomic E-state index is 12.3. The van der Waals surface area contributed by atoms with Crippen LogP contribution < -0.4 is 4.90 Å². The molecule has 1 aliphatic carbocycles. The van der Waals surface area contributed by atoms with E-state index in [1.54, 1.807) is 11.3 Å². The standard InChI is InChI=1S/C18H24N4OS/c1-21(17(23)14-3-2-4-14)12-13-6-9-22(10-7-13)18-20-15-11-19-8-5-16(15)24-18/h5,8,11,13-14H,2-4,6-7,9-10,12H2,1H3. The van der Waals surface area contributed by atoms with Gasteiger partial charge in [0, 0.05) is 38.8 Å². The van der Waals surface area contributed by atoms with Gasteiger partial charge in [-0.05, 0) is 37.7 Å². The number of rotatable bonds is 4. The van der Waals surface area contributed by atoms with Crippen LogP contribution in [0.1, 0.15) is 32.1 Å². The van der Waals surface area contributed by atoms with Crippen LogP contribution in [-0.4, -0.2) is 47.5 Å². The van der Waals surface area contributed by atoms with Crippen molar-refractivity contribution < 1.29 is 4.79 Å². The number of hydrogen-bond acceptors (Lipinski definition) is 5. The molecule has 1 amide bonds. The molecule has 6 heteroatoms. The number of amides is 1. The molecule has 1 saturated carbocycles. The van der Waals surface area contributed by atoms with Gasteiger partial charge in [-0.25, -0.2) is 4.98 Å². The van der Waals surface area contributed by atoms with Crippen LogP contribution in [0.15, 0.2) is 18.5 Å². The third-order valence-corrected chi connectivity index (χ3v) is 6.52. The summed E-state index contributed by atoms with van der Waals surface area (Å²) in [4.78, 5) is 25.5. The van der Waals surface area contributed by atoms with E-state index in [9.17, 15) is 4.79 Å². The topological polar surface area (TPSA) is 49.3 Å². The molecule has 0 N–H and O–H groups in total. The Kier molecular flexibility index (Phi) is 4.39. The van der Waals surface area contributed by atoms with Gasteiger partial charge in [0.25, 0.3) is 0 Å². The molecule has 0 spiro atoms. The maximum Gasteiger partial charge on any atom is 0.225 e. The third kappa shape index (κ3) is 3.11. The number of nitrogens with zero attached hydrogens (tertiary/aromatic N) is 4. The molecule has 0 atom stereocenters. The lowest BCUT2D eigenvalue weighted by Gasteiger charge is -2.35. The van der Waals surface area contributed by atoms with Crippen LogP contribution in [-0.2, 0) is 4.79 Å². The van der Waals surface area contributed by atoms with Crippen LogP contribution in [0.2, 0.25) is 0 Å². The largest absolute Gasteiger partial charge is 0.348 e.